The van der Waals surface area contributed by atoms with Crippen molar-refractivity contribution in [2.24, 2.45) is 16.6 Å². The van der Waals surface area contributed by atoms with E-state index in [-0.39, 0.29) is 42.2 Å². The highest BCUT2D eigenvalue weighted by Crippen LogP contribution is 2.38. The van der Waals surface area contributed by atoms with Gasteiger partial charge in [0, 0.05) is 55.8 Å². The number of nitrogens with two attached hydrogens (primary N) is 1. The second kappa shape index (κ2) is 9.28. The minimum Gasteiger partial charge on any atom is -0.365 e. The van der Waals surface area contributed by atoms with Gasteiger partial charge in [0.25, 0.3) is 5.91 Å². The Balaban J connectivity index is 1.53. The number of carbonyl (C=O) groups is 1. The second-order valence-corrected chi connectivity index (χ2v) is 8.90. The molecule has 1 aliphatic heterocycles. The van der Waals surface area contributed by atoms with Gasteiger partial charge in [0.2, 0.25) is 0 Å². The monoisotopic (exact) mass is 468 g/mol. The van der Waals surface area contributed by atoms with Crippen LogP contribution in [0.2, 0.25) is 0 Å². The van der Waals surface area contributed by atoms with Crippen molar-refractivity contribution in [3.05, 3.63) is 35.2 Å². The fourth-order valence-corrected chi connectivity index (χ4v) is 4.90. The predicted octanol–water partition coefficient (Wildman–Crippen LogP) is 3.62. The van der Waals surface area contributed by atoms with E-state index in [2.05, 4.69) is 20.3 Å². The molecule has 0 bridgehead atoms. The molecule has 33 heavy (non-hydrogen) atoms. The van der Waals surface area contributed by atoms with Crippen LogP contribution >= 0.6 is 0 Å². The largest absolute Gasteiger partial charge is 0.412 e. The number of aliphatic imine (C=N–C) groups is 1. The van der Waals surface area contributed by atoms with Gasteiger partial charge in [-0.2, -0.15) is 18.3 Å². The lowest BCUT2D eigenvalue weighted by atomic mass is 9.80. The zero-order valence-corrected chi connectivity index (χ0v) is 18.4. The normalized spacial score (nSPS) is 27.2. The van der Waals surface area contributed by atoms with Crippen LogP contribution in [0.4, 0.5) is 23.4 Å². The van der Waals surface area contributed by atoms with Crippen molar-refractivity contribution in [3.8, 4) is 0 Å². The smallest absolute Gasteiger partial charge is 0.365 e. The summed E-state index contributed by atoms with van der Waals surface area (Å²) in [6.45, 7) is 0.930. The standard InChI is InChI=1S/C22H28F4N6O/c1-28-9-13-8-17(31-10-15(23)11-31)6-7-19(13)32-12-18(20(27)33)21(30-32)29-16-4-2-14(3-5-16)22(24,25)26/h2,4,9,12-13,15,17,19H,3,5-8,10-11H2,1H3,(H2,27,33)(H,29,30)/t13-,17+,19+/m1/s1. The maximum atomic E-state index is 13.3. The fraction of sp³-hybridized carbons (Fsp3) is 0.591. The van der Waals surface area contributed by atoms with E-state index in [0.717, 1.165) is 25.3 Å². The molecule has 7 nitrogen and oxygen atoms in total. The predicted molar refractivity (Wildman–Crippen MR) is 117 cm³/mol. The molecule has 2 heterocycles. The van der Waals surface area contributed by atoms with Crippen molar-refractivity contribution >= 4 is 17.9 Å². The highest BCUT2D eigenvalue weighted by Gasteiger charge is 2.39. The Bertz CT molecular complexity index is 976. The number of alkyl halides is 4. The first kappa shape index (κ1) is 23.5. The number of primary amides is 1. The Labute approximate surface area is 189 Å². The number of halogens is 4. The molecule has 0 unspecified atom stereocenters. The third-order valence-electron chi connectivity index (χ3n) is 6.69. The van der Waals surface area contributed by atoms with E-state index in [1.54, 1.807) is 17.9 Å². The SMILES string of the molecule is CN=C[C@H]1C[C@@H](N2CC(F)C2)CC[C@@H]1n1cc(C(N)=O)c(NC2=CC=C(C(F)(F)F)CC2)n1. The highest BCUT2D eigenvalue weighted by molar-refractivity contribution is 5.97. The molecule has 1 aromatic rings. The summed E-state index contributed by atoms with van der Waals surface area (Å²) >= 11 is 0. The summed E-state index contributed by atoms with van der Waals surface area (Å²) in [5.74, 6) is -0.391. The fourth-order valence-electron chi connectivity index (χ4n) is 4.90. The van der Waals surface area contributed by atoms with Crippen LogP contribution in [-0.2, 0) is 0 Å². The molecule has 3 atom stereocenters. The van der Waals surface area contributed by atoms with E-state index in [0.29, 0.717) is 18.8 Å². The van der Waals surface area contributed by atoms with Crippen LogP contribution in [0, 0.1) is 5.92 Å². The Hall–Kier alpha value is -2.69. The third-order valence-corrected chi connectivity index (χ3v) is 6.69. The van der Waals surface area contributed by atoms with Gasteiger partial charge < -0.3 is 16.0 Å². The molecular weight excluding hydrogens is 440 g/mol. The zero-order valence-electron chi connectivity index (χ0n) is 18.4. The second-order valence-electron chi connectivity index (χ2n) is 8.90. The summed E-state index contributed by atoms with van der Waals surface area (Å²) in [5, 5.41) is 7.54. The number of carbonyl (C=O) groups excluding carboxylic acids is 1. The van der Waals surface area contributed by atoms with Crippen LogP contribution in [0.3, 0.4) is 0 Å². The lowest BCUT2D eigenvalue weighted by molar-refractivity contribution is -0.0941. The molecular formula is C22H28F4N6O. The first-order chi connectivity index (χ1) is 15.7. The lowest BCUT2D eigenvalue weighted by Gasteiger charge is -2.45. The molecule has 2 fully saturated rings. The Morgan fingerprint density at radius 3 is 2.61 bits per heavy atom. The number of anilines is 1. The van der Waals surface area contributed by atoms with Gasteiger partial charge in [-0.05, 0) is 38.2 Å². The molecule has 180 valence electrons. The van der Waals surface area contributed by atoms with Gasteiger partial charge in [-0.25, -0.2) is 4.39 Å². The van der Waals surface area contributed by atoms with E-state index < -0.39 is 23.8 Å². The van der Waals surface area contributed by atoms with Crippen molar-refractivity contribution in [3.63, 3.8) is 0 Å². The summed E-state index contributed by atoms with van der Waals surface area (Å²) in [4.78, 5) is 18.4. The quantitative estimate of drug-likeness (QED) is 0.493. The highest BCUT2D eigenvalue weighted by atomic mass is 19.4. The molecule has 4 rings (SSSR count). The Kier molecular flexibility index (Phi) is 6.60. The molecule has 11 heteroatoms. The Morgan fingerprint density at radius 2 is 2.03 bits per heavy atom. The number of aromatic nitrogens is 2. The average molecular weight is 468 g/mol. The van der Waals surface area contributed by atoms with Crippen LogP contribution in [0.25, 0.3) is 0 Å². The van der Waals surface area contributed by atoms with Crippen LogP contribution in [0.15, 0.2) is 34.6 Å². The number of nitrogens with one attached hydrogen (secondary N) is 1. The maximum Gasteiger partial charge on any atom is 0.412 e. The summed E-state index contributed by atoms with van der Waals surface area (Å²) in [6.07, 6.45) is 3.21. The van der Waals surface area contributed by atoms with Gasteiger partial charge in [0.05, 0.1) is 6.04 Å². The summed E-state index contributed by atoms with van der Waals surface area (Å²) < 4.78 is 53.6. The van der Waals surface area contributed by atoms with Gasteiger partial charge in [-0.1, -0.05) is 6.08 Å². The molecule has 3 aliphatic rings. The number of rotatable bonds is 6. The number of nitrogens with zero attached hydrogens (tertiary/aromatic N) is 4. The van der Waals surface area contributed by atoms with Crippen LogP contribution in [-0.4, -0.2) is 65.3 Å². The van der Waals surface area contributed by atoms with Crippen molar-refractivity contribution in [2.75, 3.05) is 25.5 Å². The summed E-state index contributed by atoms with van der Waals surface area (Å²) in [7, 11) is 1.70. The maximum absolute atomic E-state index is 13.3. The molecule has 1 saturated carbocycles. The number of likely N-dealkylation sites (tertiary alicyclic amines) is 1. The van der Waals surface area contributed by atoms with E-state index in [1.165, 1.54) is 6.08 Å². The van der Waals surface area contributed by atoms with Crippen LogP contribution < -0.4 is 11.1 Å². The molecule has 1 saturated heterocycles. The van der Waals surface area contributed by atoms with Gasteiger partial charge >= 0.3 is 6.18 Å². The van der Waals surface area contributed by atoms with Gasteiger partial charge in [0.15, 0.2) is 5.82 Å². The number of allylic oxidation sites excluding steroid dienone is 4. The van der Waals surface area contributed by atoms with Gasteiger partial charge in [-0.15, -0.1) is 0 Å². The molecule has 1 aromatic heterocycles. The van der Waals surface area contributed by atoms with E-state index in [4.69, 9.17) is 5.73 Å². The molecule has 0 spiro atoms. The van der Waals surface area contributed by atoms with Crippen LogP contribution in [0.1, 0.15) is 48.5 Å². The first-order valence-corrected chi connectivity index (χ1v) is 11.1. The Morgan fingerprint density at radius 1 is 1.27 bits per heavy atom. The summed E-state index contributed by atoms with van der Waals surface area (Å²) in [6, 6.07) is 0.222. The van der Waals surface area contributed by atoms with E-state index in [1.807, 2.05) is 6.21 Å². The van der Waals surface area contributed by atoms with Crippen molar-refractivity contribution in [2.45, 2.75) is 56.5 Å². The molecule has 0 aromatic carbocycles. The number of hydrogen-bond donors (Lipinski definition) is 2. The number of amides is 1. The topological polar surface area (TPSA) is 88.5 Å². The minimum absolute atomic E-state index is 0.0482. The molecule has 3 N–H and O–H groups in total. The minimum atomic E-state index is -4.35. The number of hydrogen-bond acceptors (Lipinski definition) is 5. The van der Waals surface area contributed by atoms with E-state index in [9.17, 15) is 22.4 Å². The van der Waals surface area contributed by atoms with Crippen LogP contribution in [0.5, 0.6) is 0 Å². The zero-order chi connectivity index (χ0) is 23.8. The first-order valence-electron chi connectivity index (χ1n) is 11.1. The van der Waals surface area contributed by atoms with Crippen molar-refractivity contribution in [1.29, 1.82) is 0 Å². The van der Waals surface area contributed by atoms with Gasteiger partial charge in [0.1, 0.15) is 11.7 Å². The summed E-state index contributed by atoms with van der Waals surface area (Å²) in [5.41, 5.74) is 5.68. The molecule has 1 amide bonds. The van der Waals surface area contributed by atoms with Gasteiger partial charge in [-0.3, -0.25) is 14.4 Å². The average Bonchev–Trinajstić information content (AvgIpc) is 3.15. The molecule has 0 radical (unpaired) electrons. The lowest BCUT2D eigenvalue weighted by Crippen LogP contribution is -2.55. The molecule has 2 aliphatic carbocycles. The van der Waals surface area contributed by atoms with Crippen molar-refractivity contribution < 1.29 is 22.4 Å². The third kappa shape index (κ3) is 5.13. The van der Waals surface area contributed by atoms with Crippen molar-refractivity contribution in [1.82, 2.24) is 14.7 Å². The van der Waals surface area contributed by atoms with E-state index >= 15 is 0 Å².